The Kier molecular flexibility index (Phi) is 4.73. The Morgan fingerprint density at radius 2 is 1.85 bits per heavy atom. The molecule has 2 rings (SSSR count). The van der Waals surface area contributed by atoms with Crippen LogP contribution < -0.4 is 4.74 Å². The molecule has 0 radical (unpaired) electrons. The lowest BCUT2D eigenvalue weighted by atomic mass is 10.0. The molecule has 1 unspecified atom stereocenters. The first-order valence-electron chi connectivity index (χ1n) is 5.96. The fourth-order valence-electron chi connectivity index (χ4n) is 1.89. The zero-order valence-corrected chi connectivity index (χ0v) is 12.3. The van der Waals surface area contributed by atoms with Crippen molar-refractivity contribution < 1.29 is 18.6 Å². The van der Waals surface area contributed by atoms with Gasteiger partial charge in [-0.05, 0) is 51.3 Å². The normalized spacial score (nSPS) is 12.2. The molecule has 0 saturated heterocycles. The predicted molar refractivity (Wildman–Crippen MR) is 75.7 cm³/mol. The van der Waals surface area contributed by atoms with Gasteiger partial charge in [0.05, 0.1) is 17.7 Å². The van der Waals surface area contributed by atoms with Crippen LogP contribution in [0.4, 0.5) is 8.78 Å². The monoisotopic (exact) mass is 342 g/mol. The molecule has 2 nitrogen and oxygen atoms in total. The number of benzene rings is 2. The Balaban J connectivity index is 2.19. The lowest BCUT2D eigenvalue weighted by Crippen LogP contribution is -2.03. The lowest BCUT2D eigenvalue weighted by Gasteiger charge is -2.13. The highest BCUT2D eigenvalue weighted by atomic mass is 79.9. The number of methoxy groups -OCH3 is 1. The number of ether oxygens (including phenoxy) is 1. The van der Waals surface area contributed by atoms with Gasteiger partial charge in [0, 0.05) is 6.42 Å². The van der Waals surface area contributed by atoms with Gasteiger partial charge in [-0.3, -0.25) is 0 Å². The molecule has 1 N–H and O–H groups in total. The van der Waals surface area contributed by atoms with Gasteiger partial charge in [0.15, 0.2) is 11.6 Å². The first-order valence-corrected chi connectivity index (χ1v) is 6.76. The SMILES string of the molecule is COc1cc(C(O)Cc2ccc(F)c(Br)c2)ccc1F. The Morgan fingerprint density at radius 1 is 1.15 bits per heavy atom. The third-order valence-corrected chi connectivity index (χ3v) is 3.58. The summed E-state index contributed by atoms with van der Waals surface area (Å²) in [5, 5.41) is 10.2. The van der Waals surface area contributed by atoms with E-state index >= 15 is 0 Å². The van der Waals surface area contributed by atoms with Crippen molar-refractivity contribution in [3.8, 4) is 5.75 Å². The summed E-state index contributed by atoms with van der Waals surface area (Å²) in [5.41, 5.74) is 1.32. The van der Waals surface area contributed by atoms with Crippen LogP contribution in [0.15, 0.2) is 40.9 Å². The summed E-state index contributed by atoms with van der Waals surface area (Å²) < 4.78 is 31.7. The van der Waals surface area contributed by atoms with Gasteiger partial charge in [0.2, 0.25) is 0 Å². The largest absolute Gasteiger partial charge is 0.494 e. The maximum atomic E-state index is 13.3. The Morgan fingerprint density at radius 3 is 2.50 bits per heavy atom. The molecule has 0 heterocycles. The van der Waals surface area contributed by atoms with Crippen molar-refractivity contribution in [2.24, 2.45) is 0 Å². The van der Waals surface area contributed by atoms with Gasteiger partial charge in [-0.25, -0.2) is 8.78 Å². The number of halogens is 3. The van der Waals surface area contributed by atoms with Crippen molar-refractivity contribution in [2.75, 3.05) is 7.11 Å². The number of hydrogen-bond donors (Lipinski definition) is 1. The molecule has 0 spiro atoms. The fraction of sp³-hybridized carbons (Fsp3) is 0.200. The van der Waals surface area contributed by atoms with E-state index in [4.69, 9.17) is 4.74 Å². The van der Waals surface area contributed by atoms with Gasteiger partial charge in [0.25, 0.3) is 0 Å². The Labute approximate surface area is 124 Å². The summed E-state index contributed by atoms with van der Waals surface area (Å²) >= 11 is 3.10. The maximum Gasteiger partial charge on any atom is 0.165 e. The minimum atomic E-state index is -0.818. The number of aliphatic hydroxyl groups excluding tert-OH is 1. The quantitative estimate of drug-likeness (QED) is 0.909. The van der Waals surface area contributed by atoms with Crippen molar-refractivity contribution in [1.29, 1.82) is 0 Å². The molecule has 0 aliphatic heterocycles. The van der Waals surface area contributed by atoms with Crippen LogP contribution in [0.3, 0.4) is 0 Å². The molecule has 0 saturated carbocycles. The van der Waals surface area contributed by atoms with E-state index in [0.717, 1.165) is 5.56 Å². The molecule has 0 aliphatic carbocycles. The highest BCUT2D eigenvalue weighted by molar-refractivity contribution is 9.10. The minimum absolute atomic E-state index is 0.0850. The van der Waals surface area contributed by atoms with Crippen molar-refractivity contribution in [3.05, 3.63) is 63.6 Å². The summed E-state index contributed by atoms with van der Waals surface area (Å²) in [7, 11) is 1.37. The van der Waals surface area contributed by atoms with Crippen molar-refractivity contribution in [1.82, 2.24) is 0 Å². The first kappa shape index (κ1) is 14.9. The van der Waals surface area contributed by atoms with E-state index in [-0.39, 0.29) is 11.6 Å². The highest BCUT2D eigenvalue weighted by Crippen LogP contribution is 2.26. The van der Waals surface area contributed by atoms with E-state index < -0.39 is 11.9 Å². The Bertz CT molecular complexity index is 617. The second-order valence-electron chi connectivity index (χ2n) is 4.36. The zero-order valence-electron chi connectivity index (χ0n) is 10.7. The van der Waals surface area contributed by atoms with E-state index in [2.05, 4.69) is 15.9 Å². The number of rotatable bonds is 4. The van der Waals surface area contributed by atoms with E-state index in [9.17, 15) is 13.9 Å². The standard InChI is InChI=1S/C15H13BrF2O2/c1-20-15-8-10(3-5-13(15)18)14(19)7-9-2-4-12(17)11(16)6-9/h2-6,8,14,19H,7H2,1H3. The molecular weight excluding hydrogens is 330 g/mol. The van der Waals surface area contributed by atoms with Gasteiger partial charge in [0.1, 0.15) is 5.82 Å². The van der Waals surface area contributed by atoms with Gasteiger partial charge >= 0.3 is 0 Å². The average molecular weight is 343 g/mol. The molecule has 106 valence electrons. The van der Waals surface area contributed by atoms with Gasteiger partial charge in [-0.2, -0.15) is 0 Å². The summed E-state index contributed by atoms with van der Waals surface area (Å²) in [5.74, 6) is -0.749. The van der Waals surface area contributed by atoms with Crippen molar-refractivity contribution in [3.63, 3.8) is 0 Å². The third-order valence-electron chi connectivity index (χ3n) is 2.97. The third kappa shape index (κ3) is 3.35. The van der Waals surface area contributed by atoms with Crippen LogP contribution in [0, 0.1) is 11.6 Å². The van der Waals surface area contributed by atoms with Gasteiger partial charge in [-0.15, -0.1) is 0 Å². The van der Waals surface area contributed by atoms with Crippen molar-refractivity contribution in [2.45, 2.75) is 12.5 Å². The van der Waals surface area contributed by atoms with Crippen LogP contribution in [-0.4, -0.2) is 12.2 Å². The van der Waals surface area contributed by atoms with E-state index in [1.807, 2.05) is 0 Å². The Hall–Kier alpha value is -1.46. The molecule has 20 heavy (non-hydrogen) atoms. The van der Waals surface area contributed by atoms with E-state index in [1.54, 1.807) is 12.1 Å². The van der Waals surface area contributed by atoms with E-state index in [1.165, 1.54) is 31.4 Å². The van der Waals surface area contributed by atoms with Gasteiger partial charge in [-0.1, -0.05) is 12.1 Å². The lowest BCUT2D eigenvalue weighted by molar-refractivity contribution is 0.178. The summed E-state index contributed by atoms with van der Waals surface area (Å²) in [6.07, 6.45) is -0.518. The van der Waals surface area contributed by atoms with Crippen LogP contribution in [-0.2, 0) is 6.42 Å². The van der Waals surface area contributed by atoms with Gasteiger partial charge < -0.3 is 9.84 Å². The fourth-order valence-corrected chi connectivity index (χ4v) is 2.32. The molecular formula is C15H13BrF2O2. The summed E-state index contributed by atoms with van der Waals surface area (Å²) in [6.45, 7) is 0. The predicted octanol–water partition coefficient (Wildman–Crippen LogP) is 4.01. The first-order chi connectivity index (χ1) is 9.51. The van der Waals surface area contributed by atoms with Crippen LogP contribution in [0.25, 0.3) is 0 Å². The summed E-state index contributed by atoms with van der Waals surface area (Å²) in [6, 6.07) is 8.75. The minimum Gasteiger partial charge on any atom is -0.494 e. The molecule has 1 atom stereocenters. The zero-order chi connectivity index (χ0) is 14.7. The second kappa shape index (κ2) is 6.33. The molecule has 0 aliphatic rings. The average Bonchev–Trinajstić information content (AvgIpc) is 2.43. The molecule has 0 bridgehead atoms. The molecule has 2 aromatic carbocycles. The second-order valence-corrected chi connectivity index (χ2v) is 5.22. The van der Waals surface area contributed by atoms with Crippen LogP contribution in [0.1, 0.15) is 17.2 Å². The van der Waals surface area contributed by atoms with Crippen LogP contribution in [0.5, 0.6) is 5.75 Å². The molecule has 0 fully saturated rings. The molecule has 5 heteroatoms. The number of aliphatic hydroxyl groups is 1. The maximum absolute atomic E-state index is 13.3. The van der Waals surface area contributed by atoms with E-state index in [0.29, 0.717) is 16.5 Å². The topological polar surface area (TPSA) is 29.5 Å². The highest BCUT2D eigenvalue weighted by Gasteiger charge is 2.13. The van der Waals surface area contributed by atoms with Crippen LogP contribution in [0.2, 0.25) is 0 Å². The number of hydrogen-bond acceptors (Lipinski definition) is 2. The molecule has 0 aromatic heterocycles. The summed E-state index contributed by atoms with van der Waals surface area (Å²) in [4.78, 5) is 0. The van der Waals surface area contributed by atoms with Crippen molar-refractivity contribution >= 4 is 15.9 Å². The molecule has 0 amide bonds. The smallest absolute Gasteiger partial charge is 0.165 e. The molecule has 2 aromatic rings. The van der Waals surface area contributed by atoms with Crippen LogP contribution >= 0.6 is 15.9 Å².